The van der Waals surface area contributed by atoms with Crippen molar-refractivity contribution in [2.45, 2.75) is 52.4 Å². The van der Waals surface area contributed by atoms with Gasteiger partial charge in [0.1, 0.15) is 24.0 Å². The van der Waals surface area contributed by atoms with E-state index in [1.54, 1.807) is 0 Å². The van der Waals surface area contributed by atoms with Gasteiger partial charge in [-0.2, -0.15) is 0 Å². The summed E-state index contributed by atoms with van der Waals surface area (Å²) in [7, 11) is -2.96. The Balaban J connectivity index is 0.970. The molecular weight excluding hydrogens is 917 g/mol. The first-order valence-corrected chi connectivity index (χ1v) is 27.1. The number of anilines is 7. The van der Waals surface area contributed by atoms with Crippen LogP contribution in [0.15, 0.2) is 230 Å². The standard InChI is InChI=1S/C68H58N4OSi/c1-67(2,3)48-38-39-69-65(42-48)72-59-32-17-20-35-63(59)74(61-33-18-13-28-53(61)54-29-14-19-34-62(54)74)64-37-36-52(44-60(64)72)73-51-27-21-26-50(43-51)70-45-71(58-31-16-15-30-57(58)70)66-55(46-22-9-7-10-23-46)40-49(68(4,5)6)41-56(66)47-24-11-8-12-25-47/h7-44H,45H2,1-6H3/i7D,8D,9D,10D,11D,12D,22D,23D,24D,25D. The summed E-state index contributed by atoms with van der Waals surface area (Å²) < 4.78 is 96.9. The number of benzene rings is 9. The fraction of sp³-hybridized carbons (Fsp3) is 0.132. The van der Waals surface area contributed by atoms with E-state index in [1.807, 2.05) is 92.5 Å². The van der Waals surface area contributed by atoms with Gasteiger partial charge in [0, 0.05) is 40.8 Å². The molecule has 5 nitrogen and oxygen atoms in total. The minimum absolute atomic E-state index is 0.0817. The zero-order valence-corrected chi connectivity index (χ0v) is 43.1. The SMILES string of the molecule is [2H]c1c([2H])c([2H])c(-c2cc(C(C)(C)C)cc(-c3c([2H])c([2H])c([2H])c([2H])c3[2H])c2N2CN(c3cccc(Oc4ccc5c(c4)N(c4cc(C(C)(C)C)ccn4)c4ccccc4[Si]54c5ccccc5-c5ccccc54)c3)c3ccccc32)c([2H])c1[2H]. The van der Waals surface area contributed by atoms with Gasteiger partial charge in [-0.05, 0) is 126 Å². The summed E-state index contributed by atoms with van der Waals surface area (Å²) in [5.41, 5.74) is 8.38. The molecule has 1 aromatic heterocycles. The van der Waals surface area contributed by atoms with Crippen LogP contribution in [0.4, 0.5) is 39.9 Å². The molecule has 0 bridgehead atoms. The van der Waals surface area contributed by atoms with E-state index in [0.29, 0.717) is 28.4 Å². The molecule has 0 atom stereocenters. The lowest BCUT2D eigenvalue weighted by Crippen LogP contribution is -2.75. The van der Waals surface area contributed by atoms with Crippen molar-refractivity contribution in [2.75, 3.05) is 21.4 Å². The Morgan fingerprint density at radius 2 is 1.00 bits per heavy atom. The molecule has 10 aromatic rings. The van der Waals surface area contributed by atoms with E-state index in [4.69, 9.17) is 17.9 Å². The number of aromatic nitrogens is 1. The summed E-state index contributed by atoms with van der Waals surface area (Å²) >= 11 is 0. The normalized spacial score (nSPS) is 15.9. The predicted octanol–water partition coefficient (Wildman–Crippen LogP) is 15.2. The largest absolute Gasteiger partial charge is 0.457 e. The van der Waals surface area contributed by atoms with E-state index >= 15 is 0 Å². The van der Waals surface area contributed by atoms with Crippen LogP contribution in [0.5, 0.6) is 11.5 Å². The molecular formula is C68H58N4OSi. The minimum atomic E-state index is -2.96. The summed E-state index contributed by atoms with van der Waals surface area (Å²) in [5, 5.41) is 5.18. The molecule has 0 radical (unpaired) electrons. The van der Waals surface area contributed by atoms with Gasteiger partial charge >= 0.3 is 0 Å². The third-order valence-corrected chi connectivity index (χ3v) is 19.8. The second-order valence-electron chi connectivity index (χ2n) is 21.3. The van der Waals surface area contributed by atoms with E-state index in [-0.39, 0.29) is 34.3 Å². The van der Waals surface area contributed by atoms with Gasteiger partial charge in [-0.15, -0.1) is 0 Å². The molecule has 0 fully saturated rings. The lowest BCUT2D eigenvalue weighted by molar-refractivity contribution is 0.483. The quantitative estimate of drug-likeness (QED) is 0.149. The van der Waals surface area contributed by atoms with Crippen LogP contribution in [0.2, 0.25) is 0 Å². The number of pyridine rings is 1. The molecule has 0 aliphatic carbocycles. The smallest absolute Gasteiger partial charge is 0.185 e. The zero-order chi connectivity index (χ0) is 59.1. The third-order valence-electron chi connectivity index (χ3n) is 14.9. The first-order chi connectivity index (χ1) is 40.1. The Labute approximate surface area is 450 Å². The lowest BCUT2D eigenvalue weighted by Gasteiger charge is -2.43. The first-order valence-electron chi connectivity index (χ1n) is 30.1. The molecule has 13 rings (SSSR count). The Bertz CT molecular complexity index is 4230. The van der Waals surface area contributed by atoms with Crippen LogP contribution in [0.3, 0.4) is 0 Å². The predicted molar refractivity (Wildman–Crippen MR) is 312 cm³/mol. The fourth-order valence-corrected chi connectivity index (χ4v) is 16.9. The van der Waals surface area contributed by atoms with Crippen LogP contribution in [0.25, 0.3) is 33.4 Å². The van der Waals surface area contributed by atoms with Gasteiger partial charge in [0.15, 0.2) is 8.07 Å². The van der Waals surface area contributed by atoms with Crippen molar-refractivity contribution in [3.05, 3.63) is 242 Å². The molecule has 4 heterocycles. The van der Waals surface area contributed by atoms with Gasteiger partial charge in [-0.25, -0.2) is 4.98 Å². The van der Waals surface area contributed by atoms with E-state index < -0.39 is 73.9 Å². The molecule has 74 heavy (non-hydrogen) atoms. The molecule has 3 aliphatic heterocycles. The Morgan fingerprint density at radius 3 is 1.62 bits per heavy atom. The lowest BCUT2D eigenvalue weighted by atomic mass is 9.82. The molecule has 0 saturated carbocycles. The van der Waals surface area contributed by atoms with Gasteiger partial charge in [0.25, 0.3) is 0 Å². The monoisotopic (exact) mass is 985 g/mol. The van der Waals surface area contributed by atoms with E-state index in [1.165, 1.54) is 31.9 Å². The van der Waals surface area contributed by atoms with Crippen LogP contribution < -0.4 is 40.2 Å². The average molecular weight is 985 g/mol. The van der Waals surface area contributed by atoms with Crippen molar-refractivity contribution in [3.63, 3.8) is 0 Å². The van der Waals surface area contributed by atoms with Crippen LogP contribution >= 0.6 is 0 Å². The van der Waals surface area contributed by atoms with Crippen molar-refractivity contribution in [3.8, 4) is 44.9 Å². The highest BCUT2D eigenvalue weighted by Gasteiger charge is 2.54. The number of fused-ring (bicyclic) bond motifs is 10. The van der Waals surface area contributed by atoms with E-state index in [9.17, 15) is 5.48 Å². The number of ether oxygens (including phenoxy) is 1. The molecule has 9 aromatic carbocycles. The van der Waals surface area contributed by atoms with Crippen LogP contribution in [-0.4, -0.2) is 19.7 Å². The van der Waals surface area contributed by atoms with Crippen LogP contribution in [0, 0.1) is 0 Å². The van der Waals surface area contributed by atoms with Crippen LogP contribution in [-0.2, 0) is 10.8 Å². The maximum Gasteiger partial charge on any atom is 0.185 e. The highest BCUT2D eigenvalue weighted by molar-refractivity contribution is 7.23. The second kappa shape index (κ2) is 17.4. The Morgan fingerprint density at radius 1 is 0.459 bits per heavy atom. The van der Waals surface area contributed by atoms with Gasteiger partial charge in [0.05, 0.1) is 36.5 Å². The maximum atomic E-state index is 9.35. The zero-order valence-electron chi connectivity index (χ0n) is 52.1. The number of hydrogen-bond donors (Lipinski definition) is 0. The number of nitrogens with zero attached hydrogens (tertiary/aromatic N) is 4. The number of para-hydroxylation sites is 3. The number of hydrogen-bond acceptors (Lipinski definition) is 5. The van der Waals surface area contributed by atoms with Crippen LogP contribution in [0.1, 0.15) is 66.4 Å². The molecule has 0 N–H and O–H groups in total. The summed E-state index contributed by atoms with van der Waals surface area (Å²) in [6, 6.07) is 51.4. The van der Waals surface area contributed by atoms with Crippen molar-refractivity contribution in [2.24, 2.45) is 0 Å². The summed E-state index contributed by atoms with van der Waals surface area (Å²) in [6.45, 7) is 12.6. The average Bonchev–Trinajstić information content (AvgIpc) is 1.42. The molecule has 6 heteroatoms. The van der Waals surface area contributed by atoms with Crippen molar-refractivity contribution in [1.29, 1.82) is 0 Å². The molecule has 360 valence electrons. The minimum Gasteiger partial charge on any atom is -0.457 e. The van der Waals surface area contributed by atoms with E-state index in [0.717, 1.165) is 34.1 Å². The molecule has 0 saturated heterocycles. The maximum absolute atomic E-state index is 9.35. The molecule has 0 unspecified atom stereocenters. The Hall–Kier alpha value is -8.45. The molecule has 1 spiro atoms. The van der Waals surface area contributed by atoms with Crippen molar-refractivity contribution < 1.29 is 18.4 Å². The van der Waals surface area contributed by atoms with Gasteiger partial charge in [-0.1, -0.05) is 193 Å². The van der Waals surface area contributed by atoms with Gasteiger partial charge in [-0.3, -0.25) is 4.90 Å². The van der Waals surface area contributed by atoms with Gasteiger partial charge in [0.2, 0.25) is 0 Å². The highest BCUT2D eigenvalue weighted by Crippen LogP contribution is 2.52. The summed E-state index contributed by atoms with van der Waals surface area (Å²) in [6.07, 6.45) is 1.90. The highest BCUT2D eigenvalue weighted by atomic mass is 28.3. The fourth-order valence-electron chi connectivity index (χ4n) is 11.4. The third kappa shape index (κ3) is 7.30. The van der Waals surface area contributed by atoms with Crippen molar-refractivity contribution in [1.82, 2.24) is 4.98 Å². The van der Waals surface area contributed by atoms with E-state index in [2.05, 4.69) is 134 Å². The van der Waals surface area contributed by atoms with Gasteiger partial charge < -0.3 is 14.5 Å². The summed E-state index contributed by atoms with van der Waals surface area (Å²) in [4.78, 5) is 11.4. The molecule has 0 amide bonds. The topological polar surface area (TPSA) is 31.8 Å². The number of rotatable bonds is 7. The Kier molecular flexibility index (Phi) is 8.36. The van der Waals surface area contributed by atoms with Crippen molar-refractivity contribution >= 4 is 68.8 Å². The first kappa shape index (κ1) is 35.6. The summed E-state index contributed by atoms with van der Waals surface area (Å²) in [5.74, 6) is 1.96. The molecule has 3 aliphatic rings. The second-order valence-corrected chi connectivity index (χ2v) is 24.9.